The summed E-state index contributed by atoms with van der Waals surface area (Å²) in [4.78, 5) is 9.12. The van der Waals surface area contributed by atoms with Crippen LogP contribution in [-0.4, -0.2) is 16.5 Å². The summed E-state index contributed by atoms with van der Waals surface area (Å²) in [6.07, 6.45) is 0.900. The maximum atomic E-state index is 4.74. The van der Waals surface area contributed by atoms with Gasteiger partial charge in [0.1, 0.15) is 5.01 Å². The molecule has 0 spiro atoms. The van der Waals surface area contributed by atoms with E-state index < -0.39 is 0 Å². The van der Waals surface area contributed by atoms with Gasteiger partial charge in [0.2, 0.25) is 0 Å². The van der Waals surface area contributed by atoms with Crippen LogP contribution in [0.25, 0.3) is 10.2 Å². The lowest BCUT2D eigenvalue weighted by Gasteiger charge is -2.13. The Bertz CT molecular complexity index is 613. The zero-order valence-electron chi connectivity index (χ0n) is 10.7. The quantitative estimate of drug-likeness (QED) is 0.779. The van der Waals surface area contributed by atoms with E-state index in [1.807, 2.05) is 11.6 Å². The number of rotatable bonds is 5. The number of para-hydroxylation sites is 1. The molecule has 1 aromatic carbocycles. The van der Waals surface area contributed by atoms with Crippen LogP contribution in [0.1, 0.15) is 23.7 Å². The first-order valence-electron chi connectivity index (χ1n) is 6.32. The Balaban J connectivity index is 1.90. The normalized spacial score (nSPS) is 12.9. The Morgan fingerprint density at radius 2 is 2.21 bits per heavy atom. The molecule has 0 amide bonds. The summed E-state index contributed by atoms with van der Waals surface area (Å²) in [5.41, 5.74) is 4.11. The van der Waals surface area contributed by atoms with Gasteiger partial charge in [-0.05, 0) is 18.7 Å². The standard InChI is InChI=1S/C14H15N3S2/c1-2-15-12(7-10-8-18-9-16-10)14-17-11-5-3-4-6-13(11)19-14/h3-6,8-9,12,15H,2,7H2,1H3. The Hall–Kier alpha value is -1.30. The van der Waals surface area contributed by atoms with Gasteiger partial charge in [0, 0.05) is 11.8 Å². The molecule has 0 aliphatic heterocycles. The molecule has 0 radical (unpaired) electrons. The molecule has 1 unspecified atom stereocenters. The second kappa shape index (κ2) is 5.77. The maximum Gasteiger partial charge on any atom is 0.111 e. The molecule has 3 aromatic rings. The molecule has 0 saturated carbocycles. The van der Waals surface area contributed by atoms with Crippen molar-refractivity contribution in [1.29, 1.82) is 0 Å². The topological polar surface area (TPSA) is 37.8 Å². The molecule has 3 rings (SSSR count). The first kappa shape index (κ1) is 12.7. The minimum absolute atomic E-state index is 0.254. The van der Waals surface area contributed by atoms with Crippen LogP contribution in [0.3, 0.4) is 0 Å². The van der Waals surface area contributed by atoms with Crippen molar-refractivity contribution in [1.82, 2.24) is 15.3 Å². The van der Waals surface area contributed by atoms with Gasteiger partial charge in [-0.3, -0.25) is 0 Å². The molecule has 0 aliphatic carbocycles. The Labute approximate surface area is 120 Å². The highest BCUT2D eigenvalue weighted by atomic mass is 32.1. The molecule has 0 aliphatic rings. The predicted octanol–water partition coefficient (Wildman–Crippen LogP) is 3.65. The van der Waals surface area contributed by atoms with Crippen LogP contribution >= 0.6 is 22.7 Å². The summed E-state index contributed by atoms with van der Waals surface area (Å²) in [5, 5.41) is 6.77. The van der Waals surface area contributed by atoms with E-state index in [2.05, 4.69) is 40.8 Å². The number of nitrogens with one attached hydrogen (secondary N) is 1. The Kier molecular flexibility index (Phi) is 3.87. The monoisotopic (exact) mass is 289 g/mol. The van der Waals surface area contributed by atoms with Crippen LogP contribution in [-0.2, 0) is 6.42 Å². The van der Waals surface area contributed by atoms with Gasteiger partial charge in [-0.25, -0.2) is 9.97 Å². The van der Waals surface area contributed by atoms with Gasteiger partial charge in [-0.2, -0.15) is 0 Å². The molecule has 98 valence electrons. The fourth-order valence-electron chi connectivity index (χ4n) is 2.08. The molecular formula is C14H15N3S2. The molecule has 2 aromatic heterocycles. The fraction of sp³-hybridized carbons (Fsp3) is 0.286. The number of thiazole rings is 2. The summed E-state index contributed by atoms with van der Waals surface area (Å²) >= 11 is 3.41. The first-order chi connectivity index (χ1) is 9.36. The smallest absolute Gasteiger partial charge is 0.111 e. The van der Waals surface area contributed by atoms with Crippen LogP contribution in [0, 0.1) is 0 Å². The summed E-state index contributed by atoms with van der Waals surface area (Å²) in [5.74, 6) is 0. The van der Waals surface area contributed by atoms with Crippen molar-refractivity contribution < 1.29 is 0 Å². The van der Waals surface area contributed by atoms with Crippen molar-refractivity contribution in [2.24, 2.45) is 0 Å². The number of hydrogen-bond donors (Lipinski definition) is 1. The highest BCUT2D eigenvalue weighted by Crippen LogP contribution is 2.28. The summed E-state index contributed by atoms with van der Waals surface area (Å²) < 4.78 is 1.25. The van der Waals surface area contributed by atoms with Gasteiger partial charge < -0.3 is 5.32 Å². The number of benzene rings is 1. The third kappa shape index (κ3) is 2.83. The number of likely N-dealkylation sites (N-methyl/N-ethyl adjacent to an activating group) is 1. The number of fused-ring (bicyclic) bond motifs is 1. The van der Waals surface area contributed by atoms with Crippen LogP contribution in [0.4, 0.5) is 0 Å². The van der Waals surface area contributed by atoms with Crippen molar-refractivity contribution in [3.63, 3.8) is 0 Å². The third-order valence-electron chi connectivity index (χ3n) is 2.96. The predicted molar refractivity (Wildman–Crippen MR) is 81.9 cm³/mol. The maximum absolute atomic E-state index is 4.74. The summed E-state index contributed by atoms with van der Waals surface area (Å²) in [6, 6.07) is 8.55. The zero-order valence-corrected chi connectivity index (χ0v) is 12.3. The molecule has 0 saturated heterocycles. The fourth-order valence-corrected chi connectivity index (χ4v) is 3.69. The number of nitrogens with zero attached hydrogens (tertiary/aromatic N) is 2. The molecule has 1 atom stereocenters. The average Bonchev–Trinajstić information content (AvgIpc) is 3.06. The first-order valence-corrected chi connectivity index (χ1v) is 8.08. The summed E-state index contributed by atoms with van der Waals surface area (Å²) in [6.45, 7) is 3.06. The second-order valence-electron chi connectivity index (χ2n) is 4.31. The Morgan fingerprint density at radius 3 is 2.95 bits per heavy atom. The lowest BCUT2D eigenvalue weighted by Crippen LogP contribution is -2.22. The molecule has 3 nitrogen and oxygen atoms in total. The summed E-state index contributed by atoms with van der Waals surface area (Å²) in [7, 11) is 0. The van der Waals surface area contributed by atoms with Gasteiger partial charge in [0.05, 0.1) is 27.5 Å². The minimum atomic E-state index is 0.254. The largest absolute Gasteiger partial charge is 0.308 e. The van der Waals surface area contributed by atoms with Crippen molar-refractivity contribution in [3.05, 3.63) is 45.9 Å². The van der Waals surface area contributed by atoms with Crippen molar-refractivity contribution in [2.75, 3.05) is 6.54 Å². The van der Waals surface area contributed by atoms with E-state index >= 15 is 0 Å². The minimum Gasteiger partial charge on any atom is -0.308 e. The van der Waals surface area contributed by atoms with Crippen LogP contribution in [0.2, 0.25) is 0 Å². The lowest BCUT2D eigenvalue weighted by molar-refractivity contribution is 0.543. The number of aromatic nitrogens is 2. The highest BCUT2D eigenvalue weighted by molar-refractivity contribution is 7.18. The van der Waals surface area contributed by atoms with Crippen LogP contribution in [0.15, 0.2) is 35.2 Å². The van der Waals surface area contributed by atoms with E-state index in [1.165, 1.54) is 4.70 Å². The zero-order chi connectivity index (χ0) is 13.1. The van der Waals surface area contributed by atoms with Gasteiger partial charge in [-0.1, -0.05) is 19.1 Å². The van der Waals surface area contributed by atoms with Crippen molar-refractivity contribution in [3.8, 4) is 0 Å². The Morgan fingerprint density at radius 1 is 1.32 bits per heavy atom. The SMILES string of the molecule is CCNC(Cc1cscn1)c1nc2ccccc2s1. The van der Waals surface area contributed by atoms with E-state index in [1.54, 1.807) is 22.7 Å². The van der Waals surface area contributed by atoms with Gasteiger partial charge >= 0.3 is 0 Å². The molecular weight excluding hydrogens is 274 g/mol. The molecule has 0 fully saturated rings. The van der Waals surface area contributed by atoms with Gasteiger partial charge in [0.25, 0.3) is 0 Å². The highest BCUT2D eigenvalue weighted by Gasteiger charge is 2.16. The lowest BCUT2D eigenvalue weighted by atomic mass is 10.2. The molecule has 0 bridgehead atoms. The molecule has 2 heterocycles. The van der Waals surface area contributed by atoms with Crippen molar-refractivity contribution >= 4 is 32.9 Å². The van der Waals surface area contributed by atoms with Gasteiger partial charge in [0.15, 0.2) is 0 Å². The molecule has 19 heavy (non-hydrogen) atoms. The van der Waals surface area contributed by atoms with Crippen molar-refractivity contribution in [2.45, 2.75) is 19.4 Å². The van der Waals surface area contributed by atoms with E-state index in [0.717, 1.165) is 29.2 Å². The van der Waals surface area contributed by atoms with E-state index in [9.17, 15) is 0 Å². The third-order valence-corrected chi connectivity index (χ3v) is 4.74. The van der Waals surface area contributed by atoms with Crippen LogP contribution < -0.4 is 5.32 Å². The van der Waals surface area contributed by atoms with Crippen LogP contribution in [0.5, 0.6) is 0 Å². The second-order valence-corrected chi connectivity index (χ2v) is 6.09. The average molecular weight is 289 g/mol. The van der Waals surface area contributed by atoms with E-state index in [-0.39, 0.29) is 6.04 Å². The molecule has 1 N–H and O–H groups in total. The van der Waals surface area contributed by atoms with E-state index in [0.29, 0.717) is 0 Å². The number of hydrogen-bond acceptors (Lipinski definition) is 5. The van der Waals surface area contributed by atoms with E-state index in [4.69, 9.17) is 4.98 Å². The molecule has 5 heteroatoms. The van der Waals surface area contributed by atoms with Gasteiger partial charge in [-0.15, -0.1) is 22.7 Å².